The second-order valence-electron chi connectivity index (χ2n) is 9.56. The molecule has 0 saturated heterocycles. The van der Waals surface area contributed by atoms with E-state index in [0.717, 1.165) is 28.6 Å². The van der Waals surface area contributed by atoms with Crippen LogP contribution in [0.25, 0.3) is 10.9 Å². The van der Waals surface area contributed by atoms with Gasteiger partial charge in [0.2, 0.25) is 0 Å². The summed E-state index contributed by atoms with van der Waals surface area (Å²) in [7, 11) is 0. The van der Waals surface area contributed by atoms with E-state index < -0.39 is 17.8 Å². The molecule has 4 rings (SSSR count). The third-order valence-corrected chi connectivity index (χ3v) is 6.52. The molecule has 2 atom stereocenters. The Morgan fingerprint density at radius 3 is 2.41 bits per heavy atom. The number of aromatic hydroxyl groups is 1. The zero-order valence-electron chi connectivity index (χ0n) is 21.2. The third-order valence-electron chi connectivity index (χ3n) is 6.52. The van der Waals surface area contributed by atoms with Crippen molar-refractivity contribution in [3.05, 3.63) is 100 Å². The Bertz CT molecular complexity index is 1430. The number of halogens is 3. The van der Waals surface area contributed by atoms with Crippen LogP contribution in [0.15, 0.2) is 66.7 Å². The number of carbonyl (C=O) groups excluding carboxylic acids is 1. The van der Waals surface area contributed by atoms with E-state index in [9.17, 15) is 33.3 Å². The highest BCUT2D eigenvalue weighted by Crippen LogP contribution is 2.29. The molecule has 0 bridgehead atoms. The Labute approximate surface area is 223 Å². The van der Waals surface area contributed by atoms with Gasteiger partial charge in [0.1, 0.15) is 11.4 Å². The van der Waals surface area contributed by atoms with Gasteiger partial charge in [-0.2, -0.15) is 13.2 Å². The number of benzene rings is 3. The van der Waals surface area contributed by atoms with E-state index >= 15 is 0 Å². The molecule has 4 aromatic rings. The Morgan fingerprint density at radius 1 is 1.00 bits per heavy atom. The van der Waals surface area contributed by atoms with Crippen molar-refractivity contribution in [2.45, 2.75) is 44.8 Å². The number of hydrogen-bond donors (Lipinski definition) is 6. The van der Waals surface area contributed by atoms with Crippen molar-refractivity contribution in [1.82, 2.24) is 15.6 Å². The van der Waals surface area contributed by atoms with Gasteiger partial charge >= 0.3 is 6.18 Å². The van der Waals surface area contributed by atoms with Crippen LogP contribution in [0.4, 0.5) is 13.2 Å². The topological polar surface area (TPSA) is 118 Å². The van der Waals surface area contributed by atoms with Gasteiger partial charge in [-0.25, -0.2) is 0 Å². The lowest BCUT2D eigenvalue weighted by atomic mass is 10.0. The highest BCUT2D eigenvalue weighted by molar-refractivity contribution is 5.98. The normalized spacial score (nSPS) is 13.4. The maximum Gasteiger partial charge on any atom is 0.416 e. The van der Waals surface area contributed by atoms with E-state index in [2.05, 4.69) is 15.6 Å². The molecule has 6 N–H and O–H groups in total. The maximum absolute atomic E-state index is 12.7. The number of aromatic nitrogens is 1. The van der Waals surface area contributed by atoms with Crippen molar-refractivity contribution in [2.75, 3.05) is 6.54 Å². The molecule has 10 heteroatoms. The second-order valence-corrected chi connectivity index (χ2v) is 9.56. The lowest BCUT2D eigenvalue weighted by molar-refractivity contribution is -0.137. The molecule has 0 aliphatic heterocycles. The Hall–Kier alpha value is -3.86. The molecule has 0 fully saturated rings. The molecule has 39 heavy (non-hydrogen) atoms. The standard InChI is InChI=1S/C29H30F3N3O4/c1-17(33-15-27(38)20-5-9-26(37)22(12-20)16-36)10-19-4-8-24-21(11-19)13-25(35-24)28(39)34-14-18-2-6-23(7-3-18)29(30,31)32/h2-9,11-13,17,27,33,35-38H,10,14-16H2,1H3,(H,34,39). The van der Waals surface area contributed by atoms with Crippen LogP contribution in [0.2, 0.25) is 0 Å². The van der Waals surface area contributed by atoms with Gasteiger partial charge in [-0.3, -0.25) is 4.79 Å². The van der Waals surface area contributed by atoms with Crippen LogP contribution in [0, 0.1) is 0 Å². The van der Waals surface area contributed by atoms with Crippen LogP contribution in [-0.2, 0) is 25.7 Å². The highest BCUT2D eigenvalue weighted by Gasteiger charge is 2.29. The SMILES string of the molecule is CC(Cc1ccc2[nH]c(C(=O)NCc3ccc(C(F)(F)F)cc3)cc2c1)NCC(O)c1ccc(O)c(CO)c1. The quantitative estimate of drug-likeness (QED) is 0.176. The van der Waals surface area contributed by atoms with Gasteiger partial charge in [-0.1, -0.05) is 24.3 Å². The average Bonchev–Trinajstić information content (AvgIpc) is 3.34. The summed E-state index contributed by atoms with van der Waals surface area (Å²) in [4.78, 5) is 15.7. The average molecular weight is 542 g/mol. The molecule has 1 heterocycles. The molecule has 0 spiro atoms. The van der Waals surface area contributed by atoms with Crippen molar-refractivity contribution in [3.8, 4) is 5.75 Å². The predicted molar refractivity (Wildman–Crippen MR) is 141 cm³/mol. The van der Waals surface area contributed by atoms with Gasteiger partial charge in [0.15, 0.2) is 0 Å². The minimum atomic E-state index is -4.40. The molecule has 3 aromatic carbocycles. The summed E-state index contributed by atoms with van der Waals surface area (Å²) >= 11 is 0. The Morgan fingerprint density at radius 2 is 1.72 bits per heavy atom. The summed E-state index contributed by atoms with van der Waals surface area (Å²) in [5, 5.41) is 36.3. The van der Waals surface area contributed by atoms with Crippen LogP contribution >= 0.6 is 0 Å². The highest BCUT2D eigenvalue weighted by atomic mass is 19.4. The Kier molecular flexibility index (Phi) is 8.59. The van der Waals surface area contributed by atoms with Crippen LogP contribution < -0.4 is 10.6 Å². The minimum Gasteiger partial charge on any atom is -0.508 e. The summed E-state index contributed by atoms with van der Waals surface area (Å²) in [6.45, 7) is 2.05. The number of aliphatic hydroxyl groups excluding tert-OH is 2. The first-order valence-corrected chi connectivity index (χ1v) is 12.4. The molecular formula is C29H30F3N3O4. The monoisotopic (exact) mass is 541 g/mol. The number of amides is 1. The number of rotatable bonds is 10. The van der Waals surface area contributed by atoms with Crippen molar-refractivity contribution in [1.29, 1.82) is 0 Å². The number of fused-ring (bicyclic) bond motifs is 1. The first-order chi connectivity index (χ1) is 18.5. The van der Waals surface area contributed by atoms with Gasteiger partial charge in [-0.05, 0) is 72.5 Å². The van der Waals surface area contributed by atoms with Gasteiger partial charge in [0, 0.05) is 35.6 Å². The smallest absolute Gasteiger partial charge is 0.416 e. The van der Waals surface area contributed by atoms with E-state index in [1.54, 1.807) is 18.2 Å². The fraction of sp³-hybridized carbons (Fsp3) is 0.276. The summed E-state index contributed by atoms with van der Waals surface area (Å²) in [5.74, 6) is -0.384. The predicted octanol–water partition coefficient (Wildman–Crippen LogP) is 4.57. The van der Waals surface area contributed by atoms with Crippen LogP contribution in [0.5, 0.6) is 5.75 Å². The molecule has 1 amide bonds. The van der Waals surface area contributed by atoms with Crippen molar-refractivity contribution >= 4 is 16.8 Å². The molecule has 206 valence electrons. The van der Waals surface area contributed by atoms with E-state index in [0.29, 0.717) is 28.8 Å². The number of hydrogen-bond acceptors (Lipinski definition) is 5. The van der Waals surface area contributed by atoms with E-state index in [1.165, 1.54) is 18.2 Å². The van der Waals surface area contributed by atoms with E-state index in [1.807, 2.05) is 25.1 Å². The van der Waals surface area contributed by atoms with Gasteiger partial charge in [0.25, 0.3) is 5.91 Å². The molecular weight excluding hydrogens is 511 g/mol. The van der Waals surface area contributed by atoms with E-state index in [4.69, 9.17) is 0 Å². The number of aromatic amines is 1. The summed E-state index contributed by atoms with van der Waals surface area (Å²) in [5.41, 5.74) is 2.92. The third kappa shape index (κ3) is 7.17. The summed E-state index contributed by atoms with van der Waals surface area (Å²) < 4.78 is 38.2. The summed E-state index contributed by atoms with van der Waals surface area (Å²) in [6, 6.07) is 16.8. The number of phenols is 1. The van der Waals surface area contributed by atoms with Crippen molar-refractivity contribution in [2.24, 2.45) is 0 Å². The number of aliphatic hydroxyl groups is 2. The molecule has 1 aromatic heterocycles. The molecule has 7 nitrogen and oxygen atoms in total. The lowest BCUT2D eigenvalue weighted by Gasteiger charge is -2.18. The maximum atomic E-state index is 12.7. The zero-order valence-corrected chi connectivity index (χ0v) is 21.2. The number of nitrogens with one attached hydrogen (secondary N) is 3. The van der Waals surface area contributed by atoms with Crippen LogP contribution in [0.3, 0.4) is 0 Å². The largest absolute Gasteiger partial charge is 0.508 e. The fourth-order valence-corrected chi connectivity index (χ4v) is 4.32. The van der Waals surface area contributed by atoms with Crippen molar-refractivity contribution in [3.63, 3.8) is 0 Å². The van der Waals surface area contributed by atoms with Crippen LogP contribution in [0.1, 0.15) is 51.3 Å². The Balaban J connectivity index is 1.31. The minimum absolute atomic E-state index is 0.0188. The van der Waals surface area contributed by atoms with Gasteiger partial charge in [-0.15, -0.1) is 0 Å². The van der Waals surface area contributed by atoms with Crippen LogP contribution in [-0.4, -0.2) is 38.8 Å². The lowest BCUT2D eigenvalue weighted by Crippen LogP contribution is -2.32. The molecule has 0 saturated carbocycles. The van der Waals surface area contributed by atoms with E-state index in [-0.39, 0.29) is 37.4 Å². The first-order valence-electron chi connectivity index (χ1n) is 12.4. The van der Waals surface area contributed by atoms with Crippen molar-refractivity contribution < 1.29 is 33.3 Å². The molecule has 0 aliphatic rings. The zero-order chi connectivity index (χ0) is 28.2. The number of H-pyrrole nitrogens is 1. The fourth-order valence-electron chi connectivity index (χ4n) is 4.32. The molecule has 2 unspecified atom stereocenters. The van der Waals surface area contributed by atoms with Gasteiger partial charge < -0.3 is 30.9 Å². The van der Waals surface area contributed by atoms with Gasteiger partial charge in [0.05, 0.1) is 18.3 Å². The number of carbonyl (C=O) groups is 1. The second kappa shape index (κ2) is 11.9. The molecule has 0 aliphatic carbocycles. The summed E-state index contributed by atoms with van der Waals surface area (Å²) in [6.07, 6.45) is -4.55. The number of alkyl halides is 3. The molecule has 0 radical (unpaired) electrons. The first kappa shape index (κ1) is 28.2.